The first kappa shape index (κ1) is 13.3. The van der Waals surface area contributed by atoms with Crippen LogP contribution in [0.1, 0.15) is 25.7 Å². The molecular formula is C8H21N4O2+. The molecule has 0 spiro atoms. The van der Waals surface area contributed by atoms with E-state index in [1.807, 2.05) is 0 Å². The Labute approximate surface area is 84.7 Å². The van der Waals surface area contributed by atoms with Gasteiger partial charge in [-0.05, 0) is 19.3 Å². The van der Waals surface area contributed by atoms with Crippen LogP contribution in [0.5, 0.6) is 0 Å². The van der Waals surface area contributed by atoms with Gasteiger partial charge in [0.1, 0.15) is 0 Å². The molecule has 0 atom stereocenters. The van der Waals surface area contributed by atoms with E-state index in [0.29, 0.717) is 11.8 Å². The zero-order chi connectivity index (χ0) is 10.8. The van der Waals surface area contributed by atoms with E-state index in [0.717, 1.165) is 19.4 Å². The van der Waals surface area contributed by atoms with Crippen LogP contribution in [0.2, 0.25) is 0 Å². The van der Waals surface area contributed by atoms with Crippen molar-refractivity contribution in [3.8, 4) is 0 Å². The van der Waals surface area contributed by atoms with Gasteiger partial charge in [0.15, 0.2) is 0 Å². The van der Waals surface area contributed by atoms with E-state index < -0.39 is 0 Å². The Morgan fingerprint density at radius 1 is 1.29 bits per heavy atom. The molecule has 3 N–H and O–H groups in total. The molecule has 0 saturated heterocycles. The lowest BCUT2D eigenvalue weighted by Crippen LogP contribution is -2.79. The number of rotatable bonds is 9. The largest absolute Gasteiger partial charge is 0.349 e. The molecule has 0 rings (SSSR count). The van der Waals surface area contributed by atoms with Crippen LogP contribution in [-0.4, -0.2) is 42.7 Å². The number of hydrogen-bond donors (Lipinski definition) is 2. The first-order valence-corrected chi connectivity index (χ1v) is 5.03. The second-order valence-electron chi connectivity index (χ2n) is 3.34. The van der Waals surface area contributed by atoms with E-state index in [2.05, 4.69) is 17.7 Å². The van der Waals surface area contributed by atoms with Crippen LogP contribution < -0.4 is 5.32 Å². The molecule has 0 aromatic rings. The van der Waals surface area contributed by atoms with Crippen LogP contribution in [0, 0.1) is 4.91 Å². The highest BCUT2D eigenvalue weighted by Crippen LogP contribution is 2.01. The molecule has 0 aromatic carbocycles. The average Bonchev–Trinajstić information content (AvgIpc) is 2.21. The van der Waals surface area contributed by atoms with Gasteiger partial charge in [-0.25, -0.2) is 0 Å². The summed E-state index contributed by atoms with van der Waals surface area (Å²) in [5, 5.41) is 15.1. The summed E-state index contributed by atoms with van der Waals surface area (Å²) in [5.74, 6) is 0. The molecule has 0 amide bonds. The lowest BCUT2D eigenvalue weighted by molar-refractivity contribution is -0.627. The van der Waals surface area contributed by atoms with Gasteiger partial charge in [-0.3, -0.25) is 5.21 Å². The summed E-state index contributed by atoms with van der Waals surface area (Å²) in [5.41, 5.74) is 0. The maximum atomic E-state index is 9.90. The lowest BCUT2D eigenvalue weighted by Gasteiger charge is -2.18. The van der Waals surface area contributed by atoms with Crippen molar-refractivity contribution in [2.45, 2.75) is 25.7 Å². The molecule has 0 aliphatic heterocycles. The van der Waals surface area contributed by atoms with Crippen LogP contribution >= 0.6 is 0 Å². The summed E-state index contributed by atoms with van der Waals surface area (Å²) in [6, 6.07) is 0. The third kappa shape index (κ3) is 6.76. The van der Waals surface area contributed by atoms with Crippen LogP contribution in [0.3, 0.4) is 0 Å². The monoisotopic (exact) mass is 205 g/mol. The van der Waals surface area contributed by atoms with Crippen molar-refractivity contribution >= 4 is 0 Å². The Hall–Kier alpha value is -0.720. The van der Waals surface area contributed by atoms with Gasteiger partial charge in [0.05, 0.1) is 18.9 Å². The topological polar surface area (TPSA) is 72.8 Å². The minimum Gasteiger partial charge on any atom is -0.349 e. The van der Waals surface area contributed by atoms with Gasteiger partial charge in [0.25, 0.3) is 0 Å². The molecule has 0 aliphatic carbocycles. The molecule has 0 aliphatic rings. The van der Waals surface area contributed by atoms with Gasteiger partial charge in [-0.2, -0.15) is 5.01 Å². The van der Waals surface area contributed by atoms with Crippen molar-refractivity contribution in [1.82, 2.24) is 10.3 Å². The summed E-state index contributed by atoms with van der Waals surface area (Å²) in [6.45, 7) is 1.82. The standard InChI is InChI=1S/C8H20N4O2/c1-9-7-5-3-4-6-8-11(2)12(14)10-13/h9,14H,3-8H2,1-2H3/p+1. The summed E-state index contributed by atoms with van der Waals surface area (Å²) in [6.07, 6.45) is 4.49. The first-order valence-electron chi connectivity index (χ1n) is 5.03. The van der Waals surface area contributed by atoms with Gasteiger partial charge in [0.2, 0.25) is 0 Å². The fraction of sp³-hybridized carbons (Fsp3) is 1.00. The Bertz CT molecular complexity index is 145. The molecular weight excluding hydrogens is 184 g/mol. The van der Waals surface area contributed by atoms with E-state index in [4.69, 9.17) is 5.21 Å². The van der Waals surface area contributed by atoms with Gasteiger partial charge >= 0.3 is 0 Å². The SMILES string of the molecule is C[NH2+]CCCCCCN(C)N(O)N=O. The highest BCUT2D eigenvalue weighted by Gasteiger charge is 2.04. The fourth-order valence-corrected chi connectivity index (χ4v) is 1.19. The van der Waals surface area contributed by atoms with Gasteiger partial charge < -0.3 is 5.32 Å². The van der Waals surface area contributed by atoms with Crippen molar-refractivity contribution in [1.29, 1.82) is 0 Å². The minimum absolute atomic E-state index is 0.333. The van der Waals surface area contributed by atoms with Crippen molar-refractivity contribution in [3.05, 3.63) is 4.91 Å². The van der Waals surface area contributed by atoms with Crippen molar-refractivity contribution in [2.24, 2.45) is 5.29 Å². The molecule has 14 heavy (non-hydrogen) atoms. The third-order valence-corrected chi connectivity index (χ3v) is 2.10. The molecule has 0 unspecified atom stereocenters. The van der Waals surface area contributed by atoms with Crippen LogP contribution in [0.15, 0.2) is 5.29 Å². The Kier molecular flexibility index (Phi) is 8.40. The summed E-state index contributed by atoms with van der Waals surface area (Å²) in [7, 11) is 3.69. The number of unbranched alkanes of at least 4 members (excludes halogenated alkanes) is 3. The minimum atomic E-state index is 0.333. The fourth-order valence-electron chi connectivity index (χ4n) is 1.19. The zero-order valence-corrected chi connectivity index (χ0v) is 9.02. The molecule has 0 radical (unpaired) electrons. The van der Waals surface area contributed by atoms with Crippen molar-refractivity contribution in [3.63, 3.8) is 0 Å². The first-order chi connectivity index (χ1) is 6.72. The average molecular weight is 205 g/mol. The number of hydrogen-bond acceptors (Lipinski definition) is 4. The van der Waals surface area contributed by atoms with Gasteiger partial charge in [-0.1, -0.05) is 11.7 Å². The molecule has 84 valence electrons. The summed E-state index contributed by atoms with van der Waals surface area (Å²) >= 11 is 0. The maximum absolute atomic E-state index is 9.90. The molecule has 0 fully saturated rings. The zero-order valence-electron chi connectivity index (χ0n) is 9.02. The Balaban J connectivity index is 3.22. The second-order valence-corrected chi connectivity index (χ2v) is 3.34. The molecule has 0 aromatic heterocycles. The van der Waals surface area contributed by atoms with E-state index in [9.17, 15) is 4.91 Å². The molecule has 6 nitrogen and oxygen atoms in total. The van der Waals surface area contributed by atoms with Crippen molar-refractivity contribution in [2.75, 3.05) is 27.2 Å². The Morgan fingerprint density at radius 2 is 1.93 bits per heavy atom. The molecule has 0 saturated carbocycles. The van der Waals surface area contributed by atoms with E-state index in [1.54, 1.807) is 7.05 Å². The normalized spacial score (nSPS) is 10.6. The smallest absolute Gasteiger partial charge is 0.0962 e. The number of nitrogens with two attached hydrogens (primary N) is 1. The predicted octanol–water partition coefficient (Wildman–Crippen LogP) is -0.0406. The highest BCUT2D eigenvalue weighted by molar-refractivity contribution is 4.45. The third-order valence-electron chi connectivity index (χ3n) is 2.10. The highest BCUT2D eigenvalue weighted by atomic mass is 16.6. The van der Waals surface area contributed by atoms with Gasteiger partial charge in [0, 0.05) is 13.6 Å². The Morgan fingerprint density at radius 3 is 2.50 bits per heavy atom. The predicted molar refractivity (Wildman–Crippen MR) is 53.2 cm³/mol. The van der Waals surface area contributed by atoms with Crippen LogP contribution in [0.25, 0.3) is 0 Å². The van der Waals surface area contributed by atoms with Crippen molar-refractivity contribution < 1.29 is 10.5 Å². The summed E-state index contributed by atoms with van der Waals surface area (Å²) < 4.78 is 0. The van der Waals surface area contributed by atoms with Crippen LogP contribution in [0.4, 0.5) is 0 Å². The van der Waals surface area contributed by atoms with E-state index in [1.165, 1.54) is 17.9 Å². The van der Waals surface area contributed by atoms with E-state index in [-0.39, 0.29) is 0 Å². The number of nitrogens with zero attached hydrogens (tertiary/aromatic N) is 3. The summed E-state index contributed by atoms with van der Waals surface area (Å²) in [4.78, 5) is 9.90. The lowest BCUT2D eigenvalue weighted by atomic mass is 10.2. The molecule has 6 heteroatoms. The second kappa shape index (κ2) is 8.86. The van der Waals surface area contributed by atoms with E-state index >= 15 is 0 Å². The number of nitroso groups, excluding NO2 is 1. The number of quaternary nitrogens is 1. The molecule has 0 bridgehead atoms. The van der Waals surface area contributed by atoms with Crippen LogP contribution in [-0.2, 0) is 0 Å². The number of hydrazine groups is 1. The molecule has 0 heterocycles. The van der Waals surface area contributed by atoms with Gasteiger partial charge in [-0.15, -0.1) is 4.91 Å². The maximum Gasteiger partial charge on any atom is 0.0962 e. The quantitative estimate of drug-likeness (QED) is 0.315.